The first-order valence-corrected chi connectivity index (χ1v) is 12.2. The number of carbonyl (C=O) groups excluding carboxylic acids is 2. The fourth-order valence-electron chi connectivity index (χ4n) is 3.99. The molecule has 0 aliphatic carbocycles. The summed E-state index contributed by atoms with van der Waals surface area (Å²) in [4.78, 5) is 27.6. The molecule has 0 radical (unpaired) electrons. The van der Waals surface area contributed by atoms with Gasteiger partial charge in [-0.1, -0.05) is 18.2 Å². The molecule has 0 spiro atoms. The van der Waals surface area contributed by atoms with Crippen LogP contribution in [0.4, 0.5) is 0 Å². The topological polar surface area (TPSA) is 147 Å². The standard InChI is InChI=1S/C23H25N3O7S/c27-21(20-15-16-3-1-2-4-19(16)25-20)24-11-14-33-17-5-7-18(8-6-17)34(30,31)23(22(28)26-29)9-12-32-13-10-23/h1-8,15,25,29H,9-14H2,(H,24,27)(H,26,28). The molecule has 3 aromatic rings. The SMILES string of the molecule is O=C(NCCOc1ccc(S(=O)(=O)C2(C(=O)NO)CCOCC2)cc1)c1cc2ccccc2[nH]1. The molecular weight excluding hydrogens is 462 g/mol. The number of hydroxylamine groups is 1. The summed E-state index contributed by atoms with van der Waals surface area (Å²) >= 11 is 0. The van der Waals surface area contributed by atoms with Crippen LogP contribution in [0.2, 0.25) is 0 Å². The molecule has 0 saturated carbocycles. The van der Waals surface area contributed by atoms with Crippen molar-refractivity contribution in [3.8, 4) is 5.75 Å². The summed E-state index contributed by atoms with van der Waals surface area (Å²) in [6.07, 6.45) is -0.119. The molecule has 0 unspecified atom stereocenters. The van der Waals surface area contributed by atoms with E-state index in [2.05, 4.69) is 10.3 Å². The highest BCUT2D eigenvalue weighted by molar-refractivity contribution is 7.93. The molecule has 1 aliphatic heterocycles. The molecule has 0 atom stereocenters. The lowest BCUT2D eigenvalue weighted by molar-refractivity contribution is -0.134. The van der Waals surface area contributed by atoms with E-state index in [0.717, 1.165) is 10.9 Å². The largest absolute Gasteiger partial charge is 0.492 e. The highest BCUT2D eigenvalue weighted by Gasteiger charge is 2.52. The van der Waals surface area contributed by atoms with E-state index in [0.29, 0.717) is 11.4 Å². The van der Waals surface area contributed by atoms with Gasteiger partial charge in [0, 0.05) is 24.1 Å². The Balaban J connectivity index is 1.35. The number of para-hydroxylation sites is 1. The molecule has 180 valence electrons. The molecule has 1 aliphatic rings. The third-order valence-corrected chi connectivity index (χ3v) is 8.41. The van der Waals surface area contributed by atoms with Crippen LogP contribution in [0.3, 0.4) is 0 Å². The molecular formula is C23H25N3O7S. The van der Waals surface area contributed by atoms with Gasteiger partial charge in [0.15, 0.2) is 14.6 Å². The molecule has 1 aromatic heterocycles. The highest BCUT2D eigenvalue weighted by atomic mass is 32.2. The van der Waals surface area contributed by atoms with E-state index in [1.165, 1.54) is 29.7 Å². The third-order valence-electron chi connectivity index (χ3n) is 5.90. The normalized spacial score (nSPS) is 15.6. The van der Waals surface area contributed by atoms with E-state index in [1.54, 1.807) is 6.07 Å². The second-order valence-corrected chi connectivity index (χ2v) is 10.2. The summed E-state index contributed by atoms with van der Waals surface area (Å²) in [6.45, 7) is 0.608. The van der Waals surface area contributed by atoms with Gasteiger partial charge in [0.25, 0.3) is 11.8 Å². The predicted octanol–water partition coefficient (Wildman–Crippen LogP) is 1.81. The number of hydrogen-bond acceptors (Lipinski definition) is 7. The number of fused-ring (bicyclic) bond motifs is 1. The van der Waals surface area contributed by atoms with Gasteiger partial charge in [0.05, 0.1) is 11.4 Å². The average molecular weight is 488 g/mol. The number of ether oxygens (including phenoxy) is 2. The van der Waals surface area contributed by atoms with E-state index in [1.807, 2.05) is 24.3 Å². The Kier molecular flexibility index (Phi) is 6.87. The molecule has 34 heavy (non-hydrogen) atoms. The van der Waals surface area contributed by atoms with Crippen LogP contribution >= 0.6 is 0 Å². The molecule has 2 aromatic carbocycles. The van der Waals surface area contributed by atoms with Crippen molar-refractivity contribution in [3.05, 3.63) is 60.3 Å². The van der Waals surface area contributed by atoms with Gasteiger partial charge in [-0.25, -0.2) is 13.9 Å². The minimum Gasteiger partial charge on any atom is -0.492 e. The second-order valence-electron chi connectivity index (χ2n) is 7.90. The second kappa shape index (κ2) is 9.84. The van der Waals surface area contributed by atoms with Crippen LogP contribution < -0.4 is 15.5 Å². The van der Waals surface area contributed by atoms with Crippen LogP contribution in [0, 0.1) is 0 Å². The summed E-state index contributed by atoms with van der Waals surface area (Å²) in [5.41, 5.74) is 2.81. The monoisotopic (exact) mass is 487 g/mol. The first-order valence-electron chi connectivity index (χ1n) is 10.7. The van der Waals surface area contributed by atoms with Crippen molar-refractivity contribution in [2.45, 2.75) is 22.5 Å². The van der Waals surface area contributed by atoms with Crippen molar-refractivity contribution in [1.82, 2.24) is 15.8 Å². The van der Waals surface area contributed by atoms with Crippen molar-refractivity contribution < 1.29 is 32.7 Å². The minimum atomic E-state index is -4.10. The summed E-state index contributed by atoms with van der Waals surface area (Å²) < 4.78 is 35.5. The van der Waals surface area contributed by atoms with Crippen LogP contribution in [-0.4, -0.2) is 61.5 Å². The molecule has 4 rings (SSSR count). The van der Waals surface area contributed by atoms with E-state index in [-0.39, 0.29) is 50.0 Å². The third kappa shape index (κ3) is 4.49. The van der Waals surface area contributed by atoms with E-state index < -0.39 is 20.5 Å². The number of aromatic amines is 1. The Morgan fingerprint density at radius 1 is 1.09 bits per heavy atom. The van der Waals surface area contributed by atoms with E-state index >= 15 is 0 Å². The van der Waals surface area contributed by atoms with Gasteiger partial charge in [-0.3, -0.25) is 14.8 Å². The number of benzene rings is 2. The molecule has 2 amide bonds. The maximum atomic E-state index is 13.2. The lowest BCUT2D eigenvalue weighted by atomic mass is 9.98. The van der Waals surface area contributed by atoms with Gasteiger partial charge in [0.1, 0.15) is 18.1 Å². The molecule has 1 saturated heterocycles. The molecule has 0 bridgehead atoms. The Bertz CT molecular complexity index is 1250. The zero-order chi connectivity index (χ0) is 24.2. The first-order chi connectivity index (χ1) is 16.4. The summed E-state index contributed by atoms with van der Waals surface area (Å²) in [5.74, 6) is -0.821. The van der Waals surface area contributed by atoms with Crippen LogP contribution in [0.25, 0.3) is 10.9 Å². The van der Waals surface area contributed by atoms with Crippen molar-refractivity contribution in [3.63, 3.8) is 0 Å². The number of nitrogens with one attached hydrogen (secondary N) is 3. The van der Waals surface area contributed by atoms with Gasteiger partial charge in [-0.15, -0.1) is 0 Å². The first kappa shape index (κ1) is 23.7. The number of hydrogen-bond donors (Lipinski definition) is 4. The Morgan fingerprint density at radius 3 is 2.47 bits per heavy atom. The van der Waals surface area contributed by atoms with Gasteiger partial charge >= 0.3 is 0 Å². The molecule has 11 heteroatoms. The number of sulfone groups is 1. The zero-order valence-corrected chi connectivity index (χ0v) is 19.1. The maximum Gasteiger partial charge on any atom is 0.267 e. The summed E-state index contributed by atoms with van der Waals surface area (Å²) in [7, 11) is -4.10. The molecule has 1 fully saturated rings. The van der Waals surface area contributed by atoms with Gasteiger partial charge < -0.3 is 19.8 Å². The van der Waals surface area contributed by atoms with Crippen LogP contribution in [0.5, 0.6) is 5.75 Å². The van der Waals surface area contributed by atoms with Crippen molar-refractivity contribution in [2.75, 3.05) is 26.4 Å². The predicted molar refractivity (Wildman–Crippen MR) is 122 cm³/mol. The smallest absolute Gasteiger partial charge is 0.267 e. The summed E-state index contributed by atoms with van der Waals surface area (Å²) in [5, 5.41) is 12.8. The zero-order valence-electron chi connectivity index (χ0n) is 18.2. The number of H-pyrrole nitrogens is 1. The number of amides is 2. The Hall–Kier alpha value is -3.41. The van der Waals surface area contributed by atoms with Crippen molar-refractivity contribution >= 4 is 32.6 Å². The quantitative estimate of drug-likeness (QED) is 0.215. The van der Waals surface area contributed by atoms with Gasteiger partial charge in [0.2, 0.25) is 0 Å². The van der Waals surface area contributed by atoms with Crippen LogP contribution in [-0.2, 0) is 19.4 Å². The lowest BCUT2D eigenvalue weighted by Gasteiger charge is -2.34. The van der Waals surface area contributed by atoms with Crippen LogP contribution in [0.15, 0.2) is 59.5 Å². The highest BCUT2D eigenvalue weighted by Crippen LogP contribution is 2.35. The minimum absolute atomic E-state index is 0.0579. The van der Waals surface area contributed by atoms with Crippen molar-refractivity contribution in [2.24, 2.45) is 0 Å². The number of rotatable bonds is 8. The fraction of sp³-hybridized carbons (Fsp3) is 0.304. The maximum absolute atomic E-state index is 13.2. The number of aromatic nitrogens is 1. The molecule has 2 heterocycles. The Morgan fingerprint density at radius 2 is 1.79 bits per heavy atom. The summed E-state index contributed by atoms with van der Waals surface area (Å²) in [6, 6.07) is 15.0. The molecule has 10 nitrogen and oxygen atoms in total. The Labute approximate surface area is 196 Å². The number of carbonyl (C=O) groups is 2. The van der Waals surface area contributed by atoms with Gasteiger partial charge in [-0.2, -0.15) is 0 Å². The van der Waals surface area contributed by atoms with Gasteiger partial charge in [-0.05, 0) is 49.2 Å². The average Bonchev–Trinajstić information content (AvgIpc) is 3.31. The lowest BCUT2D eigenvalue weighted by Crippen LogP contribution is -2.54. The van der Waals surface area contributed by atoms with Crippen molar-refractivity contribution in [1.29, 1.82) is 0 Å². The van der Waals surface area contributed by atoms with E-state index in [4.69, 9.17) is 14.7 Å². The fourth-order valence-corrected chi connectivity index (χ4v) is 5.93. The molecule has 4 N–H and O–H groups in total. The van der Waals surface area contributed by atoms with E-state index in [9.17, 15) is 18.0 Å². The van der Waals surface area contributed by atoms with Crippen LogP contribution in [0.1, 0.15) is 23.3 Å².